The van der Waals surface area contributed by atoms with Crippen LogP contribution in [0.4, 0.5) is 4.39 Å². The Bertz CT molecular complexity index is 346. The summed E-state index contributed by atoms with van der Waals surface area (Å²) in [6.07, 6.45) is 3.58. The molecule has 4 heteroatoms. The van der Waals surface area contributed by atoms with Crippen LogP contribution in [0.1, 0.15) is 24.8 Å². The van der Waals surface area contributed by atoms with Gasteiger partial charge in [-0.1, -0.05) is 34.0 Å². The molecule has 0 aliphatic heterocycles. The zero-order valence-corrected chi connectivity index (χ0v) is 12.4. The van der Waals surface area contributed by atoms with Gasteiger partial charge in [-0.3, -0.25) is 0 Å². The summed E-state index contributed by atoms with van der Waals surface area (Å²) in [5, 5.41) is 1.70. The molecule has 0 radical (unpaired) electrons. The molecule has 0 saturated carbocycles. The second-order valence-electron chi connectivity index (χ2n) is 4.22. The van der Waals surface area contributed by atoms with E-state index in [1.54, 1.807) is 6.07 Å². The van der Waals surface area contributed by atoms with Crippen molar-refractivity contribution in [3.63, 3.8) is 0 Å². The van der Waals surface area contributed by atoms with Gasteiger partial charge in [0.25, 0.3) is 0 Å². The third-order valence-corrected chi connectivity index (χ3v) is 3.55. The zero-order chi connectivity index (χ0) is 12.7. The van der Waals surface area contributed by atoms with Gasteiger partial charge in [-0.25, -0.2) is 4.39 Å². The summed E-state index contributed by atoms with van der Waals surface area (Å²) >= 11 is 9.44. The summed E-state index contributed by atoms with van der Waals surface area (Å²) in [6.45, 7) is 1.71. The predicted octanol–water partition coefficient (Wildman–Crippen LogP) is 4.48. The van der Waals surface area contributed by atoms with Crippen LogP contribution in [0.5, 0.6) is 0 Å². The average Bonchev–Trinajstić information content (AvgIpc) is 2.29. The highest BCUT2D eigenvalue weighted by Crippen LogP contribution is 2.18. The molecule has 0 aliphatic carbocycles. The Labute approximate surface area is 116 Å². The summed E-state index contributed by atoms with van der Waals surface area (Å²) in [6, 6.07) is 4.52. The first-order valence-electron chi connectivity index (χ1n) is 5.82. The number of unbranched alkanes of at least 4 members (excludes halogenated alkanes) is 2. The lowest BCUT2D eigenvalue weighted by Crippen LogP contribution is -2.19. The topological polar surface area (TPSA) is 3.24 Å². The lowest BCUT2D eigenvalue weighted by Gasteiger charge is -2.17. The van der Waals surface area contributed by atoms with Crippen molar-refractivity contribution in [1.82, 2.24) is 4.90 Å². The summed E-state index contributed by atoms with van der Waals surface area (Å²) in [5.74, 6) is -0.225. The van der Waals surface area contributed by atoms with Crippen molar-refractivity contribution < 1.29 is 4.39 Å². The van der Waals surface area contributed by atoms with E-state index in [9.17, 15) is 4.39 Å². The van der Waals surface area contributed by atoms with Gasteiger partial charge in [0, 0.05) is 16.9 Å². The van der Waals surface area contributed by atoms with Crippen LogP contribution >= 0.6 is 27.5 Å². The number of alkyl halides is 1. The molecule has 0 spiro atoms. The second kappa shape index (κ2) is 8.06. The first kappa shape index (κ1) is 14.9. The maximum absolute atomic E-state index is 13.1. The lowest BCUT2D eigenvalue weighted by molar-refractivity contribution is 0.318. The van der Waals surface area contributed by atoms with E-state index in [-0.39, 0.29) is 5.82 Å². The molecule has 1 nitrogen and oxygen atoms in total. The van der Waals surface area contributed by atoms with Gasteiger partial charge in [0.1, 0.15) is 5.82 Å². The SMILES string of the molecule is CN(CCCCCBr)Cc1cc(F)ccc1Cl. The molecule has 0 amide bonds. The summed E-state index contributed by atoms with van der Waals surface area (Å²) in [5.41, 5.74) is 0.856. The fourth-order valence-corrected chi connectivity index (χ4v) is 2.26. The molecular formula is C13H18BrClFN. The minimum atomic E-state index is -0.225. The normalized spacial score (nSPS) is 11.1. The Morgan fingerprint density at radius 3 is 2.76 bits per heavy atom. The monoisotopic (exact) mass is 321 g/mol. The van der Waals surface area contributed by atoms with Gasteiger partial charge in [-0.2, -0.15) is 0 Å². The fraction of sp³-hybridized carbons (Fsp3) is 0.538. The van der Waals surface area contributed by atoms with Gasteiger partial charge in [0.05, 0.1) is 0 Å². The summed E-state index contributed by atoms with van der Waals surface area (Å²) in [4.78, 5) is 2.18. The first-order valence-corrected chi connectivity index (χ1v) is 7.32. The number of halogens is 3. The largest absolute Gasteiger partial charge is 0.302 e. The molecule has 0 N–H and O–H groups in total. The highest BCUT2D eigenvalue weighted by atomic mass is 79.9. The number of benzene rings is 1. The summed E-state index contributed by atoms with van der Waals surface area (Å²) in [7, 11) is 2.04. The molecule has 17 heavy (non-hydrogen) atoms. The van der Waals surface area contributed by atoms with Gasteiger partial charge in [-0.05, 0) is 50.2 Å². The van der Waals surface area contributed by atoms with Gasteiger partial charge in [0.15, 0.2) is 0 Å². The van der Waals surface area contributed by atoms with E-state index in [4.69, 9.17) is 11.6 Å². The molecule has 0 unspecified atom stereocenters. The number of nitrogens with zero attached hydrogens (tertiary/aromatic N) is 1. The molecule has 96 valence electrons. The Morgan fingerprint density at radius 2 is 2.06 bits per heavy atom. The number of rotatable bonds is 7. The molecule has 1 rings (SSSR count). The maximum Gasteiger partial charge on any atom is 0.123 e. The summed E-state index contributed by atoms with van der Waals surface area (Å²) < 4.78 is 13.1. The minimum Gasteiger partial charge on any atom is -0.302 e. The molecule has 1 aromatic carbocycles. The van der Waals surface area contributed by atoms with Crippen LogP contribution in [0, 0.1) is 5.82 Å². The van der Waals surface area contributed by atoms with Crippen molar-refractivity contribution in [3.8, 4) is 0 Å². The molecule has 1 aromatic rings. The van der Waals surface area contributed by atoms with Crippen molar-refractivity contribution >= 4 is 27.5 Å². The second-order valence-corrected chi connectivity index (χ2v) is 5.42. The van der Waals surface area contributed by atoms with Crippen molar-refractivity contribution in [2.45, 2.75) is 25.8 Å². The van der Waals surface area contributed by atoms with E-state index < -0.39 is 0 Å². The third-order valence-electron chi connectivity index (χ3n) is 2.62. The van der Waals surface area contributed by atoms with Gasteiger partial charge >= 0.3 is 0 Å². The van der Waals surface area contributed by atoms with E-state index in [2.05, 4.69) is 20.8 Å². The molecular weight excluding hydrogens is 305 g/mol. The van der Waals surface area contributed by atoms with Crippen molar-refractivity contribution in [2.75, 3.05) is 18.9 Å². The van der Waals surface area contributed by atoms with Crippen LogP contribution < -0.4 is 0 Å². The average molecular weight is 323 g/mol. The Hall–Kier alpha value is -0.120. The highest BCUT2D eigenvalue weighted by Gasteiger charge is 2.05. The van der Waals surface area contributed by atoms with E-state index in [0.29, 0.717) is 11.6 Å². The van der Waals surface area contributed by atoms with Crippen molar-refractivity contribution in [1.29, 1.82) is 0 Å². The molecule has 0 fully saturated rings. The van der Waals surface area contributed by atoms with Gasteiger partial charge in [0.2, 0.25) is 0 Å². The van der Waals surface area contributed by atoms with Crippen LogP contribution in [-0.4, -0.2) is 23.8 Å². The van der Waals surface area contributed by atoms with Crippen molar-refractivity contribution in [2.24, 2.45) is 0 Å². The Morgan fingerprint density at radius 1 is 1.29 bits per heavy atom. The van der Waals surface area contributed by atoms with Crippen LogP contribution in [0.3, 0.4) is 0 Å². The standard InChI is InChI=1S/C13H18BrClFN/c1-17(8-4-2-3-7-14)10-11-9-12(16)5-6-13(11)15/h5-6,9H,2-4,7-8,10H2,1H3. The van der Waals surface area contributed by atoms with Crippen molar-refractivity contribution in [3.05, 3.63) is 34.6 Å². The van der Waals surface area contributed by atoms with Crippen LogP contribution in [0.15, 0.2) is 18.2 Å². The Kier molecular flexibility index (Phi) is 7.09. The predicted molar refractivity (Wildman–Crippen MR) is 75.4 cm³/mol. The van der Waals surface area contributed by atoms with E-state index in [1.165, 1.54) is 25.0 Å². The molecule has 0 atom stereocenters. The number of hydrogen-bond acceptors (Lipinski definition) is 1. The van der Waals surface area contributed by atoms with Crippen LogP contribution in [0.2, 0.25) is 5.02 Å². The van der Waals surface area contributed by atoms with E-state index in [1.807, 2.05) is 7.05 Å². The first-order chi connectivity index (χ1) is 8.13. The third kappa shape index (κ3) is 5.84. The van der Waals surface area contributed by atoms with Gasteiger partial charge < -0.3 is 4.90 Å². The quantitative estimate of drug-likeness (QED) is 0.528. The lowest BCUT2D eigenvalue weighted by atomic mass is 10.2. The molecule has 0 aliphatic rings. The van der Waals surface area contributed by atoms with E-state index in [0.717, 1.165) is 23.9 Å². The molecule has 0 saturated heterocycles. The van der Waals surface area contributed by atoms with E-state index >= 15 is 0 Å². The zero-order valence-electron chi connectivity index (χ0n) is 10.1. The molecule has 0 heterocycles. The smallest absolute Gasteiger partial charge is 0.123 e. The fourth-order valence-electron chi connectivity index (χ4n) is 1.69. The maximum atomic E-state index is 13.1. The van der Waals surface area contributed by atoms with Crippen LogP contribution in [-0.2, 0) is 6.54 Å². The minimum absolute atomic E-state index is 0.225. The molecule has 0 bridgehead atoms. The van der Waals surface area contributed by atoms with Gasteiger partial charge in [-0.15, -0.1) is 0 Å². The highest BCUT2D eigenvalue weighted by molar-refractivity contribution is 9.09. The Balaban J connectivity index is 2.39. The number of hydrogen-bond donors (Lipinski definition) is 0. The van der Waals surface area contributed by atoms with Crippen LogP contribution in [0.25, 0.3) is 0 Å². The molecule has 0 aromatic heterocycles.